The Hall–Kier alpha value is -0.620. The van der Waals surface area contributed by atoms with E-state index in [1.165, 1.54) is 0 Å². The first kappa shape index (κ1) is 14.8. The Balaban J connectivity index is 2.28. The number of nitrogens with zero attached hydrogens (tertiary/aromatic N) is 2. The van der Waals surface area contributed by atoms with Gasteiger partial charge < -0.3 is 20.6 Å². The van der Waals surface area contributed by atoms with Crippen LogP contribution < -0.4 is 10.6 Å². The molecule has 2 atom stereocenters. The predicted molar refractivity (Wildman–Crippen MR) is 82.3 cm³/mol. The number of rotatable bonds is 4. The average molecular weight is 328 g/mol. The van der Waals surface area contributed by atoms with Crippen LogP contribution in [0.1, 0.15) is 12.0 Å². The number of anilines is 1. The summed E-state index contributed by atoms with van der Waals surface area (Å²) in [7, 11) is 4.13. The molecule has 1 saturated heterocycles. The van der Waals surface area contributed by atoms with E-state index < -0.39 is 0 Å². The van der Waals surface area contributed by atoms with E-state index >= 15 is 0 Å². The van der Waals surface area contributed by atoms with Gasteiger partial charge in [0.05, 0.1) is 6.10 Å². The van der Waals surface area contributed by atoms with E-state index in [9.17, 15) is 5.11 Å². The number of hydrogen-bond donors (Lipinski definition) is 2. The third-order valence-corrected chi connectivity index (χ3v) is 4.03. The van der Waals surface area contributed by atoms with Crippen LogP contribution in [0.2, 0.25) is 0 Å². The summed E-state index contributed by atoms with van der Waals surface area (Å²) in [5.74, 6) is 0. The summed E-state index contributed by atoms with van der Waals surface area (Å²) in [5.41, 5.74) is 8.11. The van der Waals surface area contributed by atoms with Gasteiger partial charge in [0, 0.05) is 35.8 Å². The van der Waals surface area contributed by atoms with Crippen molar-refractivity contribution >= 4 is 21.6 Å². The first-order chi connectivity index (χ1) is 9.01. The van der Waals surface area contributed by atoms with E-state index in [4.69, 9.17) is 5.73 Å². The van der Waals surface area contributed by atoms with Gasteiger partial charge in [0.15, 0.2) is 0 Å². The molecule has 1 fully saturated rings. The summed E-state index contributed by atoms with van der Waals surface area (Å²) in [5, 5.41) is 9.96. The highest BCUT2D eigenvalue weighted by molar-refractivity contribution is 9.10. The van der Waals surface area contributed by atoms with Crippen molar-refractivity contribution in [2.45, 2.75) is 25.1 Å². The number of nitrogens with two attached hydrogens (primary N) is 1. The van der Waals surface area contributed by atoms with Crippen LogP contribution in [0, 0.1) is 0 Å². The topological polar surface area (TPSA) is 52.7 Å². The van der Waals surface area contributed by atoms with E-state index in [2.05, 4.69) is 52.0 Å². The van der Waals surface area contributed by atoms with Gasteiger partial charge in [0.25, 0.3) is 0 Å². The molecular formula is C14H22BrN3O. The highest BCUT2D eigenvalue weighted by Gasteiger charge is 2.32. The van der Waals surface area contributed by atoms with Crippen molar-refractivity contribution in [1.82, 2.24) is 4.90 Å². The van der Waals surface area contributed by atoms with Crippen LogP contribution >= 0.6 is 15.9 Å². The van der Waals surface area contributed by atoms with Crippen molar-refractivity contribution in [3.63, 3.8) is 0 Å². The number of aliphatic hydroxyl groups is 1. The second-order valence-corrected chi connectivity index (χ2v) is 6.35. The summed E-state index contributed by atoms with van der Waals surface area (Å²) in [4.78, 5) is 4.45. The minimum absolute atomic E-state index is 0.251. The van der Waals surface area contributed by atoms with E-state index in [0.717, 1.165) is 28.7 Å². The van der Waals surface area contributed by atoms with Gasteiger partial charge in [-0.1, -0.05) is 15.9 Å². The first-order valence-electron chi connectivity index (χ1n) is 6.59. The zero-order valence-electron chi connectivity index (χ0n) is 11.5. The Kier molecular flexibility index (Phi) is 4.84. The molecule has 0 saturated carbocycles. The van der Waals surface area contributed by atoms with Gasteiger partial charge in [-0.05, 0) is 44.3 Å². The van der Waals surface area contributed by atoms with Gasteiger partial charge in [-0.25, -0.2) is 0 Å². The van der Waals surface area contributed by atoms with Crippen LogP contribution in [-0.4, -0.2) is 49.3 Å². The molecular weight excluding hydrogens is 306 g/mol. The second-order valence-electron chi connectivity index (χ2n) is 5.44. The fraction of sp³-hybridized carbons (Fsp3) is 0.571. The van der Waals surface area contributed by atoms with Gasteiger partial charge >= 0.3 is 0 Å². The Labute approximate surface area is 123 Å². The number of halogens is 1. The van der Waals surface area contributed by atoms with Gasteiger partial charge in [-0.3, -0.25) is 0 Å². The monoisotopic (exact) mass is 327 g/mol. The van der Waals surface area contributed by atoms with Crippen molar-refractivity contribution < 1.29 is 5.11 Å². The Morgan fingerprint density at radius 1 is 1.47 bits per heavy atom. The van der Waals surface area contributed by atoms with Crippen LogP contribution in [0.25, 0.3) is 0 Å². The van der Waals surface area contributed by atoms with Crippen LogP contribution in [-0.2, 0) is 6.54 Å². The van der Waals surface area contributed by atoms with Crippen molar-refractivity contribution in [2.24, 2.45) is 5.73 Å². The minimum Gasteiger partial charge on any atom is -0.391 e. The second kappa shape index (κ2) is 6.22. The number of likely N-dealkylation sites (N-methyl/N-ethyl adjacent to an activating group) is 1. The minimum atomic E-state index is -0.251. The maximum atomic E-state index is 9.96. The van der Waals surface area contributed by atoms with Gasteiger partial charge in [-0.15, -0.1) is 0 Å². The molecule has 0 radical (unpaired) electrons. The fourth-order valence-corrected chi connectivity index (χ4v) is 3.19. The quantitative estimate of drug-likeness (QED) is 0.878. The number of β-amino-alcohol motifs (C(OH)–C–C–N with tert-alkyl or cyclic N) is 1. The van der Waals surface area contributed by atoms with Crippen molar-refractivity contribution in [3.05, 3.63) is 28.2 Å². The molecule has 2 unspecified atom stereocenters. The normalized spacial score (nSPS) is 23.4. The standard InChI is InChI=1S/C14H22BrN3O/c1-17(2)8-12-6-13(19)9-18(12)14-4-3-11(15)5-10(14)7-16/h3-5,12-13,19H,6-9,16H2,1-2H3. The van der Waals surface area contributed by atoms with Gasteiger partial charge in [0.2, 0.25) is 0 Å². The van der Waals surface area contributed by atoms with Crippen LogP contribution in [0.4, 0.5) is 5.69 Å². The third-order valence-electron chi connectivity index (χ3n) is 3.54. The molecule has 0 aliphatic carbocycles. The van der Waals surface area contributed by atoms with E-state index in [1.807, 2.05) is 6.07 Å². The Morgan fingerprint density at radius 3 is 2.84 bits per heavy atom. The number of hydrogen-bond acceptors (Lipinski definition) is 4. The zero-order valence-corrected chi connectivity index (χ0v) is 13.1. The van der Waals surface area contributed by atoms with Crippen molar-refractivity contribution in [1.29, 1.82) is 0 Å². The molecule has 4 nitrogen and oxygen atoms in total. The molecule has 2 rings (SSSR count). The molecule has 0 aromatic heterocycles. The van der Waals surface area contributed by atoms with Crippen LogP contribution in [0.3, 0.4) is 0 Å². The van der Waals surface area contributed by atoms with Gasteiger partial charge in [-0.2, -0.15) is 0 Å². The fourth-order valence-electron chi connectivity index (χ4n) is 2.78. The van der Waals surface area contributed by atoms with Crippen LogP contribution in [0.15, 0.2) is 22.7 Å². The zero-order chi connectivity index (χ0) is 14.0. The molecule has 5 heteroatoms. The molecule has 1 aromatic carbocycles. The summed E-state index contributed by atoms with van der Waals surface area (Å²) in [6.45, 7) is 2.14. The van der Waals surface area contributed by atoms with Gasteiger partial charge in [0.1, 0.15) is 0 Å². The number of aliphatic hydroxyl groups excluding tert-OH is 1. The Morgan fingerprint density at radius 2 is 2.21 bits per heavy atom. The van der Waals surface area contributed by atoms with Crippen LogP contribution in [0.5, 0.6) is 0 Å². The summed E-state index contributed by atoms with van der Waals surface area (Å²) in [6.07, 6.45) is 0.567. The van der Waals surface area contributed by atoms with E-state index in [-0.39, 0.29) is 6.10 Å². The lowest BCUT2D eigenvalue weighted by atomic mass is 10.1. The number of benzene rings is 1. The molecule has 1 aliphatic rings. The third kappa shape index (κ3) is 3.48. The van der Waals surface area contributed by atoms with E-state index in [1.54, 1.807) is 0 Å². The largest absolute Gasteiger partial charge is 0.391 e. The Bertz CT molecular complexity index is 439. The van der Waals surface area contributed by atoms with Crippen molar-refractivity contribution in [3.8, 4) is 0 Å². The lowest BCUT2D eigenvalue weighted by Gasteiger charge is -2.30. The molecule has 0 bridgehead atoms. The highest BCUT2D eigenvalue weighted by atomic mass is 79.9. The molecule has 3 N–H and O–H groups in total. The summed E-state index contributed by atoms with van der Waals surface area (Å²) >= 11 is 3.48. The summed E-state index contributed by atoms with van der Waals surface area (Å²) < 4.78 is 1.04. The maximum Gasteiger partial charge on any atom is 0.0735 e. The molecule has 106 valence electrons. The molecule has 0 amide bonds. The van der Waals surface area contributed by atoms with Crippen molar-refractivity contribution in [2.75, 3.05) is 32.1 Å². The SMILES string of the molecule is CN(C)CC1CC(O)CN1c1ccc(Br)cc1CN. The molecule has 1 heterocycles. The maximum absolute atomic E-state index is 9.96. The molecule has 1 aromatic rings. The highest BCUT2D eigenvalue weighted by Crippen LogP contribution is 2.31. The average Bonchev–Trinajstić information content (AvgIpc) is 2.69. The molecule has 1 aliphatic heterocycles. The lowest BCUT2D eigenvalue weighted by Crippen LogP contribution is -2.38. The smallest absolute Gasteiger partial charge is 0.0735 e. The molecule has 19 heavy (non-hydrogen) atoms. The predicted octanol–water partition coefficient (Wildman–Crippen LogP) is 1.41. The lowest BCUT2D eigenvalue weighted by molar-refractivity contribution is 0.191. The summed E-state index contributed by atoms with van der Waals surface area (Å²) in [6, 6.07) is 6.53. The molecule has 0 spiro atoms. The first-order valence-corrected chi connectivity index (χ1v) is 7.38. The van der Waals surface area contributed by atoms with E-state index in [0.29, 0.717) is 19.1 Å².